The van der Waals surface area contributed by atoms with Crippen molar-refractivity contribution in [2.24, 2.45) is 0 Å². The fourth-order valence-electron chi connectivity index (χ4n) is 2.80. The van der Waals surface area contributed by atoms with Crippen LogP contribution in [0.15, 0.2) is 53.4 Å². The van der Waals surface area contributed by atoms with Crippen molar-refractivity contribution in [3.8, 4) is 5.75 Å². The second-order valence-electron chi connectivity index (χ2n) is 6.68. The molecule has 30 heavy (non-hydrogen) atoms. The van der Waals surface area contributed by atoms with E-state index < -0.39 is 34.4 Å². The molecule has 0 saturated carbocycles. The summed E-state index contributed by atoms with van der Waals surface area (Å²) in [6.07, 6.45) is 0.530. The number of amides is 1. The molecule has 2 aromatic carbocycles. The van der Waals surface area contributed by atoms with E-state index in [-0.39, 0.29) is 16.3 Å². The fourth-order valence-corrected chi connectivity index (χ4v) is 3.73. The zero-order valence-electron chi connectivity index (χ0n) is 17.4. The van der Waals surface area contributed by atoms with Crippen LogP contribution in [0.1, 0.15) is 24.8 Å². The summed E-state index contributed by atoms with van der Waals surface area (Å²) in [6.45, 7) is 1.36. The summed E-state index contributed by atoms with van der Waals surface area (Å²) >= 11 is 0. The second kappa shape index (κ2) is 10.2. The van der Waals surface area contributed by atoms with Gasteiger partial charge in [0.2, 0.25) is 10.0 Å². The molecule has 0 heterocycles. The SMILES string of the molecule is CCC(C(=O)OCC(=O)Nc1cc(S(=O)(=O)N(C)C)ccc1OC)c1ccccc1. The van der Waals surface area contributed by atoms with E-state index in [4.69, 9.17) is 9.47 Å². The third-order valence-electron chi connectivity index (χ3n) is 4.46. The highest BCUT2D eigenvalue weighted by molar-refractivity contribution is 7.89. The molecule has 0 aliphatic heterocycles. The molecule has 1 atom stereocenters. The number of anilines is 1. The Bertz CT molecular complexity index is 990. The number of carbonyl (C=O) groups is 2. The molecule has 0 aliphatic carbocycles. The Kier molecular flexibility index (Phi) is 7.96. The third kappa shape index (κ3) is 5.58. The highest BCUT2D eigenvalue weighted by atomic mass is 32.2. The van der Waals surface area contributed by atoms with Gasteiger partial charge in [0.15, 0.2) is 6.61 Å². The van der Waals surface area contributed by atoms with Crippen LogP contribution in [-0.2, 0) is 24.3 Å². The van der Waals surface area contributed by atoms with Gasteiger partial charge in [-0.2, -0.15) is 0 Å². The molecule has 1 unspecified atom stereocenters. The van der Waals surface area contributed by atoms with E-state index in [1.165, 1.54) is 39.4 Å². The quantitative estimate of drug-likeness (QED) is 0.609. The van der Waals surface area contributed by atoms with E-state index in [1.54, 1.807) is 0 Å². The number of esters is 1. The minimum atomic E-state index is -3.69. The molecule has 1 amide bonds. The van der Waals surface area contributed by atoms with Crippen LogP contribution >= 0.6 is 0 Å². The first-order valence-corrected chi connectivity index (χ1v) is 10.8. The molecule has 0 aliphatic rings. The van der Waals surface area contributed by atoms with Gasteiger partial charge < -0.3 is 14.8 Å². The number of methoxy groups -OCH3 is 1. The number of benzene rings is 2. The van der Waals surface area contributed by atoms with E-state index in [9.17, 15) is 18.0 Å². The van der Waals surface area contributed by atoms with Crippen LogP contribution in [0.3, 0.4) is 0 Å². The van der Waals surface area contributed by atoms with Gasteiger partial charge in [-0.1, -0.05) is 37.3 Å². The largest absolute Gasteiger partial charge is 0.495 e. The number of nitrogens with one attached hydrogen (secondary N) is 1. The highest BCUT2D eigenvalue weighted by Crippen LogP contribution is 2.28. The van der Waals surface area contributed by atoms with Crippen LogP contribution in [0.4, 0.5) is 5.69 Å². The van der Waals surface area contributed by atoms with Crippen molar-refractivity contribution >= 4 is 27.6 Å². The van der Waals surface area contributed by atoms with Crippen molar-refractivity contribution in [1.29, 1.82) is 0 Å². The maximum atomic E-state index is 12.4. The van der Waals surface area contributed by atoms with Gasteiger partial charge in [-0.25, -0.2) is 12.7 Å². The number of carbonyl (C=O) groups excluding carboxylic acids is 2. The first-order valence-electron chi connectivity index (χ1n) is 9.32. The molecule has 0 saturated heterocycles. The van der Waals surface area contributed by atoms with Gasteiger partial charge in [-0.3, -0.25) is 9.59 Å². The lowest BCUT2D eigenvalue weighted by Crippen LogP contribution is -2.25. The zero-order chi connectivity index (χ0) is 22.3. The Labute approximate surface area is 176 Å². The maximum Gasteiger partial charge on any atom is 0.313 e. The molecule has 0 spiro atoms. The zero-order valence-corrected chi connectivity index (χ0v) is 18.2. The number of nitrogens with zero attached hydrogens (tertiary/aromatic N) is 1. The van der Waals surface area contributed by atoms with Crippen LogP contribution in [0.25, 0.3) is 0 Å². The molecule has 8 nitrogen and oxygen atoms in total. The summed E-state index contributed by atoms with van der Waals surface area (Å²) in [4.78, 5) is 24.7. The van der Waals surface area contributed by atoms with Crippen LogP contribution in [0.5, 0.6) is 5.75 Å². The number of hydrogen-bond donors (Lipinski definition) is 1. The van der Waals surface area contributed by atoms with Gasteiger partial charge in [0, 0.05) is 14.1 Å². The molecule has 0 radical (unpaired) electrons. The number of rotatable bonds is 9. The van der Waals surface area contributed by atoms with E-state index in [0.717, 1.165) is 9.87 Å². The lowest BCUT2D eigenvalue weighted by atomic mass is 9.97. The number of sulfonamides is 1. The summed E-state index contributed by atoms with van der Waals surface area (Å²) in [5.41, 5.74) is 0.977. The lowest BCUT2D eigenvalue weighted by molar-refractivity contribution is -0.149. The highest BCUT2D eigenvalue weighted by Gasteiger charge is 2.22. The van der Waals surface area contributed by atoms with Crippen LogP contribution < -0.4 is 10.1 Å². The van der Waals surface area contributed by atoms with Gasteiger partial charge >= 0.3 is 5.97 Å². The normalized spacial score (nSPS) is 12.3. The number of hydrogen-bond acceptors (Lipinski definition) is 6. The third-order valence-corrected chi connectivity index (χ3v) is 6.27. The van der Waals surface area contributed by atoms with Crippen molar-refractivity contribution in [2.45, 2.75) is 24.2 Å². The molecular formula is C21H26N2O6S. The fraction of sp³-hybridized carbons (Fsp3) is 0.333. The van der Waals surface area contributed by atoms with Gasteiger partial charge in [0.1, 0.15) is 5.75 Å². The molecule has 0 bridgehead atoms. The van der Waals surface area contributed by atoms with Gasteiger partial charge in [-0.05, 0) is 30.2 Å². The Hall–Kier alpha value is -2.91. The molecule has 0 fully saturated rings. The molecular weight excluding hydrogens is 408 g/mol. The average molecular weight is 435 g/mol. The van der Waals surface area contributed by atoms with Crippen molar-refractivity contribution in [2.75, 3.05) is 33.1 Å². The van der Waals surface area contributed by atoms with Crippen LogP contribution in [-0.4, -0.2) is 52.4 Å². The van der Waals surface area contributed by atoms with Gasteiger partial charge in [-0.15, -0.1) is 0 Å². The van der Waals surface area contributed by atoms with E-state index in [0.29, 0.717) is 6.42 Å². The molecule has 2 aromatic rings. The average Bonchev–Trinajstić information content (AvgIpc) is 2.73. The van der Waals surface area contributed by atoms with Gasteiger partial charge in [0.05, 0.1) is 23.6 Å². The van der Waals surface area contributed by atoms with Crippen molar-refractivity contribution in [1.82, 2.24) is 4.31 Å². The molecule has 1 N–H and O–H groups in total. The van der Waals surface area contributed by atoms with E-state index in [2.05, 4.69) is 5.32 Å². The molecule has 0 aromatic heterocycles. The Morgan fingerprint density at radius 3 is 2.33 bits per heavy atom. The summed E-state index contributed by atoms with van der Waals surface area (Å²) < 4.78 is 36.1. The smallest absolute Gasteiger partial charge is 0.313 e. The van der Waals surface area contributed by atoms with E-state index >= 15 is 0 Å². The Balaban J connectivity index is 2.09. The molecule has 162 valence electrons. The predicted molar refractivity (Wildman–Crippen MR) is 113 cm³/mol. The van der Waals surface area contributed by atoms with Crippen molar-refractivity contribution in [3.05, 3.63) is 54.1 Å². The van der Waals surface area contributed by atoms with Crippen LogP contribution in [0, 0.1) is 0 Å². The Morgan fingerprint density at radius 2 is 1.77 bits per heavy atom. The van der Waals surface area contributed by atoms with Crippen molar-refractivity contribution in [3.63, 3.8) is 0 Å². The van der Waals surface area contributed by atoms with Crippen molar-refractivity contribution < 1.29 is 27.5 Å². The topological polar surface area (TPSA) is 102 Å². The standard InChI is InChI=1S/C21H26N2O6S/c1-5-17(15-9-7-6-8-10-15)21(25)29-14-20(24)22-18-13-16(11-12-19(18)28-4)30(26,27)23(2)3/h6-13,17H,5,14H2,1-4H3,(H,22,24). The number of ether oxygens (including phenoxy) is 2. The summed E-state index contributed by atoms with van der Waals surface area (Å²) in [7, 11) is 0.531. The minimum absolute atomic E-state index is 0.00396. The predicted octanol–water partition coefficient (Wildman–Crippen LogP) is 2.62. The molecule has 9 heteroatoms. The summed E-state index contributed by atoms with van der Waals surface area (Å²) in [6, 6.07) is 13.3. The van der Waals surface area contributed by atoms with E-state index in [1.807, 2.05) is 37.3 Å². The first-order chi connectivity index (χ1) is 14.2. The Morgan fingerprint density at radius 1 is 1.10 bits per heavy atom. The summed E-state index contributed by atoms with van der Waals surface area (Å²) in [5, 5.41) is 2.54. The molecule has 2 rings (SSSR count). The van der Waals surface area contributed by atoms with Gasteiger partial charge in [0.25, 0.3) is 5.91 Å². The second-order valence-corrected chi connectivity index (χ2v) is 8.83. The summed E-state index contributed by atoms with van der Waals surface area (Å²) in [5.74, 6) is -1.30. The first kappa shape index (κ1) is 23.4. The van der Waals surface area contributed by atoms with Crippen LogP contribution in [0.2, 0.25) is 0 Å². The minimum Gasteiger partial charge on any atom is -0.495 e. The lowest BCUT2D eigenvalue weighted by Gasteiger charge is -2.16. The monoisotopic (exact) mass is 434 g/mol. The maximum absolute atomic E-state index is 12.4.